The minimum absolute atomic E-state index is 0.437. The fraction of sp³-hybridized carbons (Fsp3) is 0.647. The minimum atomic E-state index is 0.437. The lowest BCUT2D eigenvalue weighted by atomic mass is 9.92. The maximum absolute atomic E-state index is 3.72. The van der Waals surface area contributed by atoms with Crippen molar-refractivity contribution < 1.29 is 0 Å². The molecule has 1 unspecified atom stereocenters. The Morgan fingerprint density at radius 2 is 1.68 bits per heavy atom. The van der Waals surface area contributed by atoms with Gasteiger partial charge < -0.3 is 10.2 Å². The molecule has 1 aromatic carbocycles. The molecule has 1 saturated carbocycles. The van der Waals surface area contributed by atoms with Gasteiger partial charge in [0.2, 0.25) is 0 Å². The molecule has 2 rings (SSSR count). The third kappa shape index (κ3) is 3.30. The largest absolute Gasteiger partial charge is 0.378 e. The first-order valence-corrected chi connectivity index (χ1v) is 7.45. The standard InChI is InChI=1S/C17H28N2/c1-13(2)17(10-11-17)12-18-14(3)15-6-8-16(9-7-15)19(4)5/h6-9,13-14,18H,10-12H2,1-5H3. The molecule has 0 aromatic heterocycles. The van der Waals surface area contributed by atoms with Crippen molar-refractivity contribution in [2.24, 2.45) is 11.3 Å². The third-order valence-corrected chi connectivity index (χ3v) is 4.79. The summed E-state index contributed by atoms with van der Waals surface area (Å²) >= 11 is 0. The molecule has 1 N–H and O–H groups in total. The van der Waals surface area contributed by atoms with E-state index in [9.17, 15) is 0 Å². The van der Waals surface area contributed by atoms with Crippen LogP contribution in [0.25, 0.3) is 0 Å². The molecule has 1 aliphatic rings. The topological polar surface area (TPSA) is 15.3 Å². The lowest BCUT2D eigenvalue weighted by molar-refractivity contribution is 0.325. The highest BCUT2D eigenvalue weighted by Crippen LogP contribution is 2.51. The Hall–Kier alpha value is -1.02. The van der Waals surface area contributed by atoms with E-state index in [4.69, 9.17) is 0 Å². The molecular formula is C17H28N2. The molecule has 1 aromatic rings. The van der Waals surface area contributed by atoms with Gasteiger partial charge in [0.05, 0.1) is 0 Å². The van der Waals surface area contributed by atoms with Gasteiger partial charge in [-0.25, -0.2) is 0 Å². The van der Waals surface area contributed by atoms with Gasteiger partial charge in [-0.3, -0.25) is 0 Å². The molecule has 0 bridgehead atoms. The second-order valence-corrected chi connectivity index (χ2v) is 6.61. The Balaban J connectivity index is 1.91. The van der Waals surface area contributed by atoms with Crippen molar-refractivity contribution in [2.75, 3.05) is 25.5 Å². The quantitative estimate of drug-likeness (QED) is 0.836. The highest BCUT2D eigenvalue weighted by atomic mass is 15.1. The predicted molar refractivity (Wildman–Crippen MR) is 83.7 cm³/mol. The number of anilines is 1. The van der Waals surface area contributed by atoms with Crippen molar-refractivity contribution in [1.29, 1.82) is 0 Å². The van der Waals surface area contributed by atoms with Crippen LogP contribution in [0.3, 0.4) is 0 Å². The first-order chi connectivity index (χ1) is 8.94. The van der Waals surface area contributed by atoms with Gasteiger partial charge in [0.15, 0.2) is 0 Å². The fourth-order valence-electron chi connectivity index (χ4n) is 2.65. The van der Waals surface area contributed by atoms with Gasteiger partial charge in [-0.1, -0.05) is 26.0 Å². The van der Waals surface area contributed by atoms with E-state index in [0.717, 1.165) is 12.5 Å². The molecule has 0 saturated heterocycles. The molecule has 0 amide bonds. The van der Waals surface area contributed by atoms with Gasteiger partial charge in [-0.2, -0.15) is 0 Å². The van der Waals surface area contributed by atoms with Crippen molar-refractivity contribution in [3.8, 4) is 0 Å². The summed E-state index contributed by atoms with van der Waals surface area (Å²) in [6, 6.07) is 9.31. The first-order valence-electron chi connectivity index (χ1n) is 7.45. The molecule has 1 aliphatic carbocycles. The fourth-order valence-corrected chi connectivity index (χ4v) is 2.65. The average Bonchev–Trinajstić information content (AvgIpc) is 3.17. The number of benzene rings is 1. The highest BCUT2D eigenvalue weighted by Gasteiger charge is 2.44. The van der Waals surface area contributed by atoms with Crippen molar-refractivity contribution in [2.45, 2.75) is 39.7 Å². The molecule has 2 heteroatoms. The van der Waals surface area contributed by atoms with Gasteiger partial charge in [0.1, 0.15) is 0 Å². The molecule has 1 atom stereocenters. The average molecular weight is 260 g/mol. The SMILES string of the molecule is CC(NCC1(C(C)C)CC1)c1ccc(N(C)C)cc1. The van der Waals surface area contributed by atoms with Crippen LogP contribution in [0.5, 0.6) is 0 Å². The second-order valence-electron chi connectivity index (χ2n) is 6.61. The Morgan fingerprint density at radius 3 is 2.11 bits per heavy atom. The van der Waals surface area contributed by atoms with Gasteiger partial charge in [0.25, 0.3) is 0 Å². The van der Waals surface area contributed by atoms with Crippen LogP contribution in [0.15, 0.2) is 24.3 Å². The van der Waals surface area contributed by atoms with Crippen LogP contribution in [0.4, 0.5) is 5.69 Å². The van der Waals surface area contributed by atoms with Crippen molar-refractivity contribution in [3.63, 3.8) is 0 Å². The molecule has 106 valence electrons. The molecular weight excluding hydrogens is 232 g/mol. The lowest BCUT2D eigenvalue weighted by Gasteiger charge is -2.23. The summed E-state index contributed by atoms with van der Waals surface area (Å²) in [6.45, 7) is 8.12. The Morgan fingerprint density at radius 1 is 1.11 bits per heavy atom. The maximum atomic E-state index is 3.72. The van der Waals surface area contributed by atoms with Crippen LogP contribution < -0.4 is 10.2 Å². The van der Waals surface area contributed by atoms with Crippen molar-refractivity contribution in [1.82, 2.24) is 5.32 Å². The zero-order valence-electron chi connectivity index (χ0n) is 13.0. The second kappa shape index (κ2) is 5.54. The van der Waals surface area contributed by atoms with Gasteiger partial charge in [-0.05, 0) is 48.8 Å². The Kier molecular flexibility index (Phi) is 4.19. The van der Waals surface area contributed by atoms with E-state index in [1.807, 2.05) is 0 Å². The zero-order valence-corrected chi connectivity index (χ0v) is 13.0. The summed E-state index contributed by atoms with van der Waals surface area (Å²) in [6.07, 6.45) is 2.79. The summed E-state index contributed by atoms with van der Waals surface area (Å²) in [5.41, 5.74) is 3.22. The van der Waals surface area contributed by atoms with E-state index < -0.39 is 0 Å². The monoisotopic (exact) mass is 260 g/mol. The molecule has 2 nitrogen and oxygen atoms in total. The summed E-state index contributed by atoms with van der Waals surface area (Å²) in [5, 5.41) is 3.72. The summed E-state index contributed by atoms with van der Waals surface area (Å²) in [4.78, 5) is 2.14. The van der Waals surface area contributed by atoms with E-state index in [1.165, 1.54) is 24.1 Å². The van der Waals surface area contributed by atoms with E-state index in [1.54, 1.807) is 0 Å². The van der Waals surface area contributed by atoms with Crippen molar-refractivity contribution in [3.05, 3.63) is 29.8 Å². The maximum Gasteiger partial charge on any atom is 0.0361 e. The number of hydrogen-bond donors (Lipinski definition) is 1. The van der Waals surface area contributed by atoms with E-state index in [0.29, 0.717) is 11.5 Å². The van der Waals surface area contributed by atoms with Crippen LogP contribution in [0.2, 0.25) is 0 Å². The summed E-state index contributed by atoms with van der Waals surface area (Å²) < 4.78 is 0. The highest BCUT2D eigenvalue weighted by molar-refractivity contribution is 5.46. The number of rotatable bonds is 6. The zero-order chi connectivity index (χ0) is 14.0. The normalized spacial score (nSPS) is 18.4. The third-order valence-electron chi connectivity index (χ3n) is 4.79. The van der Waals surface area contributed by atoms with Crippen LogP contribution in [-0.4, -0.2) is 20.6 Å². The minimum Gasteiger partial charge on any atom is -0.378 e. The van der Waals surface area contributed by atoms with Crippen LogP contribution >= 0.6 is 0 Å². The first kappa shape index (κ1) is 14.4. The number of nitrogens with one attached hydrogen (secondary N) is 1. The lowest BCUT2D eigenvalue weighted by Crippen LogP contribution is -2.29. The van der Waals surface area contributed by atoms with E-state index in [-0.39, 0.29) is 0 Å². The molecule has 0 spiro atoms. The number of hydrogen-bond acceptors (Lipinski definition) is 2. The molecule has 0 aliphatic heterocycles. The van der Waals surface area contributed by atoms with Crippen molar-refractivity contribution >= 4 is 5.69 Å². The van der Waals surface area contributed by atoms with E-state index in [2.05, 4.69) is 69.3 Å². The number of nitrogens with zero attached hydrogens (tertiary/aromatic N) is 1. The Bertz CT molecular complexity index is 402. The Labute approximate surface area is 118 Å². The molecule has 0 radical (unpaired) electrons. The van der Waals surface area contributed by atoms with Crippen LogP contribution in [0, 0.1) is 11.3 Å². The molecule has 19 heavy (non-hydrogen) atoms. The van der Waals surface area contributed by atoms with Gasteiger partial charge >= 0.3 is 0 Å². The summed E-state index contributed by atoms with van der Waals surface area (Å²) in [7, 11) is 4.16. The van der Waals surface area contributed by atoms with Crippen LogP contribution in [0.1, 0.15) is 45.2 Å². The molecule has 1 fully saturated rings. The smallest absolute Gasteiger partial charge is 0.0361 e. The predicted octanol–water partition coefficient (Wildman–Crippen LogP) is 3.84. The summed E-state index contributed by atoms with van der Waals surface area (Å²) in [5.74, 6) is 0.795. The van der Waals surface area contributed by atoms with Gasteiger partial charge in [-0.15, -0.1) is 0 Å². The van der Waals surface area contributed by atoms with Crippen LogP contribution in [-0.2, 0) is 0 Å². The van der Waals surface area contributed by atoms with Gasteiger partial charge in [0, 0.05) is 32.4 Å². The van der Waals surface area contributed by atoms with E-state index >= 15 is 0 Å². The molecule has 0 heterocycles.